The first-order chi connectivity index (χ1) is 9.26. The zero-order valence-corrected chi connectivity index (χ0v) is 12.7. The summed E-state index contributed by atoms with van der Waals surface area (Å²) in [5, 5.41) is 3.77. The van der Waals surface area contributed by atoms with Gasteiger partial charge in [-0.15, -0.1) is 0 Å². The summed E-state index contributed by atoms with van der Waals surface area (Å²) in [6.45, 7) is 1.29. The Labute approximate surface area is 122 Å². The minimum Gasteiger partial charge on any atom is -0.494 e. The number of carbonyl (C=O) groups is 1. The highest BCUT2D eigenvalue weighted by Gasteiger charge is 2.02. The maximum Gasteiger partial charge on any atom is 0.224 e. The predicted molar refractivity (Wildman–Crippen MR) is 80.1 cm³/mol. The molecule has 0 radical (unpaired) electrons. The number of methoxy groups -OCH3 is 1. The molecule has 1 N–H and O–H groups in total. The van der Waals surface area contributed by atoms with E-state index in [2.05, 4.69) is 21.2 Å². The van der Waals surface area contributed by atoms with Crippen LogP contribution in [0.5, 0.6) is 5.75 Å². The van der Waals surface area contributed by atoms with Gasteiger partial charge in [-0.25, -0.2) is 0 Å². The molecule has 0 fully saturated rings. The molecule has 0 spiro atoms. The number of carbonyl (C=O) groups excluding carboxylic acids is 1. The fourth-order valence-corrected chi connectivity index (χ4v) is 1.71. The Bertz CT molecular complexity index is 367. The standard InChI is InChI=1S/C14H20BrNO3/c1-18-10-2-4-14(17)16-12-5-7-13(8-6-12)19-11-3-9-15/h5-8H,2-4,9-11H2,1H3,(H,16,17). The Balaban J connectivity index is 2.32. The summed E-state index contributed by atoms with van der Waals surface area (Å²) in [5.41, 5.74) is 0.787. The average molecular weight is 330 g/mol. The van der Waals surface area contributed by atoms with Crippen LogP contribution in [0.25, 0.3) is 0 Å². The molecule has 0 heterocycles. The van der Waals surface area contributed by atoms with Crippen LogP contribution in [0.15, 0.2) is 24.3 Å². The Morgan fingerprint density at radius 3 is 2.58 bits per heavy atom. The van der Waals surface area contributed by atoms with Crippen molar-refractivity contribution in [2.75, 3.05) is 31.0 Å². The molecular formula is C14H20BrNO3. The van der Waals surface area contributed by atoms with Crippen molar-refractivity contribution in [3.8, 4) is 5.75 Å². The van der Waals surface area contributed by atoms with Gasteiger partial charge in [0.25, 0.3) is 0 Å². The zero-order valence-electron chi connectivity index (χ0n) is 11.2. The van der Waals surface area contributed by atoms with Crippen LogP contribution in [0.3, 0.4) is 0 Å². The van der Waals surface area contributed by atoms with Crippen molar-refractivity contribution in [2.24, 2.45) is 0 Å². The minimum atomic E-state index is 0.00464. The molecule has 4 nitrogen and oxygen atoms in total. The lowest BCUT2D eigenvalue weighted by Crippen LogP contribution is -2.11. The number of ether oxygens (including phenoxy) is 2. The number of hydrogen-bond acceptors (Lipinski definition) is 3. The van der Waals surface area contributed by atoms with Crippen molar-refractivity contribution < 1.29 is 14.3 Å². The summed E-state index contributed by atoms with van der Waals surface area (Å²) in [4.78, 5) is 11.6. The van der Waals surface area contributed by atoms with Gasteiger partial charge in [0.05, 0.1) is 6.61 Å². The highest BCUT2D eigenvalue weighted by Crippen LogP contribution is 2.16. The number of rotatable bonds is 9. The van der Waals surface area contributed by atoms with Gasteiger partial charge in [-0.1, -0.05) is 15.9 Å². The van der Waals surface area contributed by atoms with E-state index in [4.69, 9.17) is 9.47 Å². The van der Waals surface area contributed by atoms with Gasteiger partial charge in [0.2, 0.25) is 5.91 Å². The van der Waals surface area contributed by atoms with Crippen LogP contribution in [0.2, 0.25) is 0 Å². The van der Waals surface area contributed by atoms with Gasteiger partial charge in [-0.3, -0.25) is 4.79 Å². The van der Waals surface area contributed by atoms with Crippen LogP contribution in [-0.4, -0.2) is 31.6 Å². The van der Waals surface area contributed by atoms with Gasteiger partial charge in [-0.2, -0.15) is 0 Å². The van der Waals surface area contributed by atoms with Crippen LogP contribution in [0.4, 0.5) is 5.69 Å². The summed E-state index contributed by atoms with van der Waals surface area (Å²) >= 11 is 3.35. The second-order valence-electron chi connectivity index (χ2n) is 4.06. The topological polar surface area (TPSA) is 47.6 Å². The van der Waals surface area contributed by atoms with E-state index in [-0.39, 0.29) is 5.91 Å². The molecule has 0 bridgehead atoms. The maximum absolute atomic E-state index is 11.6. The quantitative estimate of drug-likeness (QED) is 0.559. The summed E-state index contributed by atoms with van der Waals surface area (Å²) in [5.74, 6) is 0.823. The lowest BCUT2D eigenvalue weighted by atomic mass is 10.2. The molecule has 19 heavy (non-hydrogen) atoms. The maximum atomic E-state index is 11.6. The number of alkyl halides is 1. The molecule has 0 aromatic heterocycles. The molecular weight excluding hydrogens is 310 g/mol. The molecule has 0 aliphatic heterocycles. The molecule has 1 aromatic rings. The van der Waals surface area contributed by atoms with E-state index in [1.165, 1.54) is 0 Å². The summed E-state index contributed by atoms with van der Waals surface area (Å²) in [7, 11) is 1.63. The van der Waals surface area contributed by atoms with Crippen LogP contribution in [-0.2, 0) is 9.53 Å². The molecule has 0 aliphatic rings. The van der Waals surface area contributed by atoms with E-state index in [1.54, 1.807) is 7.11 Å². The van der Waals surface area contributed by atoms with Crippen molar-refractivity contribution >= 4 is 27.5 Å². The molecule has 1 aromatic carbocycles. The van der Waals surface area contributed by atoms with E-state index in [1.807, 2.05) is 24.3 Å². The van der Waals surface area contributed by atoms with E-state index in [9.17, 15) is 4.79 Å². The highest BCUT2D eigenvalue weighted by molar-refractivity contribution is 9.09. The fourth-order valence-electron chi connectivity index (χ4n) is 1.48. The molecule has 5 heteroatoms. The van der Waals surface area contributed by atoms with Gasteiger partial charge >= 0.3 is 0 Å². The third-order valence-electron chi connectivity index (χ3n) is 2.44. The van der Waals surface area contributed by atoms with Gasteiger partial charge in [0.1, 0.15) is 5.75 Å². The van der Waals surface area contributed by atoms with E-state index in [0.29, 0.717) is 19.6 Å². The first-order valence-corrected chi connectivity index (χ1v) is 7.46. The Hall–Kier alpha value is -1.07. The molecule has 0 saturated heterocycles. The number of amides is 1. The third-order valence-corrected chi connectivity index (χ3v) is 3.00. The lowest BCUT2D eigenvalue weighted by Gasteiger charge is -2.07. The van der Waals surface area contributed by atoms with Gasteiger partial charge in [0, 0.05) is 31.2 Å². The zero-order chi connectivity index (χ0) is 13.9. The molecule has 1 amide bonds. The largest absolute Gasteiger partial charge is 0.494 e. The molecule has 0 saturated carbocycles. The summed E-state index contributed by atoms with van der Waals surface area (Å²) in [6, 6.07) is 7.41. The minimum absolute atomic E-state index is 0.00464. The smallest absolute Gasteiger partial charge is 0.224 e. The Kier molecular flexibility index (Phi) is 8.25. The second kappa shape index (κ2) is 9.81. The number of nitrogens with one attached hydrogen (secondary N) is 1. The Morgan fingerprint density at radius 2 is 1.95 bits per heavy atom. The predicted octanol–water partition coefficient (Wildman–Crippen LogP) is 3.22. The van der Waals surface area contributed by atoms with E-state index >= 15 is 0 Å². The van der Waals surface area contributed by atoms with Crippen molar-refractivity contribution in [3.05, 3.63) is 24.3 Å². The molecule has 106 valence electrons. The van der Waals surface area contributed by atoms with E-state index in [0.717, 1.165) is 29.6 Å². The van der Waals surface area contributed by atoms with Crippen LogP contribution >= 0.6 is 15.9 Å². The lowest BCUT2D eigenvalue weighted by molar-refractivity contribution is -0.116. The third kappa shape index (κ3) is 7.18. The summed E-state index contributed by atoms with van der Waals surface area (Å²) < 4.78 is 10.4. The van der Waals surface area contributed by atoms with Crippen LogP contribution < -0.4 is 10.1 Å². The first-order valence-electron chi connectivity index (χ1n) is 6.34. The highest BCUT2D eigenvalue weighted by atomic mass is 79.9. The van der Waals surface area contributed by atoms with Gasteiger partial charge in [-0.05, 0) is 37.1 Å². The van der Waals surface area contributed by atoms with Gasteiger partial charge in [0.15, 0.2) is 0 Å². The van der Waals surface area contributed by atoms with Crippen molar-refractivity contribution in [1.82, 2.24) is 0 Å². The molecule has 0 aliphatic carbocycles. The van der Waals surface area contributed by atoms with Crippen LogP contribution in [0.1, 0.15) is 19.3 Å². The normalized spacial score (nSPS) is 10.2. The van der Waals surface area contributed by atoms with Crippen molar-refractivity contribution in [3.63, 3.8) is 0 Å². The SMILES string of the molecule is COCCCC(=O)Nc1ccc(OCCCBr)cc1. The number of halogens is 1. The molecule has 0 unspecified atom stereocenters. The monoisotopic (exact) mass is 329 g/mol. The van der Waals surface area contributed by atoms with Crippen molar-refractivity contribution in [1.29, 1.82) is 0 Å². The Morgan fingerprint density at radius 1 is 1.21 bits per heavy atom. The number of anilines is 1. The van der Waals surface area contributed by atoms with Gasteiger partial charge < -0.3 is 14.8 Å². The first kappa shape index (κ1) is 16.0. The molecule has 1 rings (SSSR count). The van der Waals surface area contributed by atoms with Crippen molar-refractivity contribution in [2.45, 2.75) is 19.3 Å². The van der Waals surface area contributed by atoms with E-state index < -0.39 is 0 Å². The fraction of sp³-hybridized carbons (Fsp3) is 0.500. The molecule has 0 atom stereocenters. The average Bonchev–Trinajstić information content (AvgIpc) is 2.41. The summed E-state index contributed by atoms with van der Waals surface area (Å²) in [6.07, 6.45) is 2.17. The van der Waals surface area contributed by atoms with Crippen LogP contribution in [0, 0.1) is 0 Å². The number of hydrogen-bond donors (Lipinski definition) is 1. The second-order valence-corrected chi connectivity index (χ2v) is 4.85. The number of benzene rings is 1.